The number of nitrogens with one attached hydrogen (secondary N) is 2. The normalized spacial score (nSPS) is 21.0. The van der Waals surface area contributed by atoms with Crippen molar-refractivity contribution in [2.24, 2.45) is 5.92 Å². The minimum atomic E-state index is -1.26. The maximum absolute atomic E-state index is 13.3. The van der Waals surface area contributed by atoms with Gasteiger partial charge in [0.2, 0.25) is 11.8 Å². The van der Waals surface area contributed by atoms with Crippen LogP contribution in [0.3, 0.4) is 0 Å². The minimum absolute atomic E-state index is 0.0257. The summed E-state index contributed by atoms with van der Waals surface area (Å²) >= 11 is 12.4. The van der Waals surface area contributed by atoms with Gasteiger partial charge >= 0.3 is 11.9 Å². The summed E-state index contributed by atoms with van der Waals surface area (Å²) in [7, 11) is 0. The molecule has 232 valence electrons. The van der Waals surface area contributed by atoms with Crippen LogP contribution in [0.5, 0.6) is 0 Å². The van der Waals surface area contributed by atoms with Crippen LogP contribution < -0.4 is 15.5 Å². The zero-order valence-corrected chi connectivity index (χ0v) is 25.9. The molecule has 2 aliphatic rings. The zero-order valence-electron chi connectivity index (χ0n) is 24.4. The Morgan fingerprint density at radius 3 is 2.26 bits per heavy atom. The molecule has 2 aliphatic heterocycles. The zero-order chi connectivity index (χ0) is 31.7. The molecule has 10 nitrogen and oxygen atoms in total. The smallest absolute Gasteiger partial charge is 0.328 e. The van der Waals surface area contributed by atoms with Gasteiger partial charge in [-0.25, -0.2) is 9.59 Å². The summed E-state index contributed by atoms with van der Waals surface area (Å²) in [6.45, 7) is 8.59. The molecule has 43 heavy (non-hydrogen) atoms. The number of carboxylic acid groups (broad SMARTS) is 2. The lowest BCUT2D eigenvalue weighted by atomic mass is 9.88. The molecule has 2 aromatic rings. The number of hydrogen-bond donors (Lipinski definition) is 4. The van der Waals surface area contributed by atoms with Crippen LogP contribution in [0.15, 0.2) is 60.7 Å². The Bertz CT molecular complexity index is 1320. The molecule has 0 unspecified atom stereocenters. The molecule has 3 atom stereocenters. The SMILES string of the molecule is CC[C@@H](NC(=O)[C@@H]1CNC[C@H](N2CC(=O)N(c3ccccc3Cl)CC2(C)C)C1)c1ccc(Cl)cc1.O=C(O)/C=C/C(=O)O. The lowest BCUT2D eigenvalue weighted by Crippen LogP contribution is -2.67. The van der Waals surface area contributed by atoms with Gasteiger partial charge in [-0.2, -0.15) is 0 Å². The molecule has 2 saturated heterocycles. The van der Waals surface area contributed by atoms with E-state index in [1.807, 2.05) is 48.5 Å². The maximum Gasteiger partial charge on any atom is 0.328 e. The van der Waals surface area contributed by atoms with E-state index in [-0.39, 0.29) is 35.4 Å². The average Bonchev–Trinajstić information content (AvgIpc) is 2.97. The van der Waals surface area contributed by atoms with Crippen LogP contribution in [-0.4, -0.2) is 76.6 Å². The quantitative estimate of drug-likeness (QED) is 0.315. The van der Waals surface area contributed by atoms with Crippen molar-refractivity contribution in [1.82, 2.24) is 15.5 Å². The van der Waals surface area contributed by atoms with Crippen LogP contribution in [-0.2, 0) is 19.2 Å². The van der Waals surface area contributed by atoms with Crippen molar-refractivity contribution in [3.8, 4) is 0 Å². The van der Waals surface area contributed by atoms with Gasteiger partial charge < -0.3 is 25.7 Å². The van der Waals surface area contributed by atoms with E-state index in [9.17, 15) is 19.2 Å². The molecule has 4 rings (SSSR count). The summed E-state index contributed by atoms with van der Waals surface area (Å²) in [5.74, 6) is -2.61. The van der Waals surface area contributed by atoms with Crippen molar-refractivity contribution < 1.29 is 29.4 Å². The standard InChI is InChI=1S/C27H34Cl2N4O2.C4H4O4/c1-4-23(18-9-11-20(28)12-10-18)31-26(35)19-13-21(15-30-14-19)33-16-25(34)32(17-27(33,2)3)24-8-6-5-7-22(24)29;5-3(6)1-2-4(7)8/h5-12,19,21,23,30H,4,13-17H2,1-3H3,(H,31,35);1-2H,(H,5,6)(H,7,8)/b;2-1+/t19-,21+,23+;/m0./s1. The highest BCUT2D eigenvalue weighted by atomic mass is 35.5. The van der Waals surface area contributed by atoms with Crippen LogP contribution in [0, 0.1) is 5.92 Å². The van der Waals surface area contributed by atoms with E-state index < -0.39 is 11.9 Å². The fourth-order valence-corrected chi connectivity index (χ4v) is 5.79. The topological polar surface area (TPSA) is 139 Å². The van der Waals surface area contributed by atoms with Crippen molar-refractivity contribution in [1.29, 1.82) is 0 Å². The number of rotatable bonds is 8. The fourth-order valence-electron chi connectivity index (χ4n) is 5.43. The number of nitrogens with zero attached hydrogens (tertiary/aromatic N) is 2. The molecule has 2 aromatic carbocycles. The first-order chi connectivity index (χ1) is 20.3. The second kappa shape index (κ2) is 15.3. The number of amides is 2. The van der Waals surface area contributed by atoms with Crippen LogP contribution >= 0.6 is 23.2 Å². The summed E-state index contributed by atoms with van der Waals surface area (Å²) in [5, 5.41) is 23.6. The molecule has 0 saturated carbocycles. The van der Waals surface area contributed by atoms with Gasteiger partial charge in [-0.15, -0.1) is 0 Å². The molecule has 2 fully saturated rings. The third kappa shape index (κ3) is 9.53. The Morgan fingerprint density at radius 2 is 1.67 bits per heavy atom. The first-order valence-corrected chi connectivity index (χ1v) is 14.8. The highest BCUT2D eigenvalue weighted by molar-refractivity contribution is 6.33. The Labute approximate surface area is 261 Å². The first kappa shape index (κ1) is 34.1. The molecule has 12 heteroatoms. The summed E-state index contributed by atoms with van der Waals surface area (Å²) in [4.78, 5) is 49.6. The van der Waals surface area contributed by atoms with Gasteiger partial charge in [0.15, 0.2) is 0 Å². The van der Waals surface area contributed by atoms with E-state index in [4.69, 9.17) is 33.4 Å². The molecular formula is C31H38Cl2N4O6. The number of carbonyl (C=O) groups excluding carboxylic acids is 2. The van der Waals surface area contributed by atoms with E-state index >= 15 is 0 Å². The molecule has 0 spiro atoms. The number of para-hydroxylation sites is 1. The largest absolute Gasteiger partial charge is 0.478 e. The van der Waals surface area contributed by atoms with Gasteiger partial charge in [0.05, 0.1) is 29.2 Å². The predicted octanol–water partition coefficient (Wildman–Crippen LogP) is 4.38. The molecule has 0 bridgehead atoms. The maximum atomic E-state index is 13.3. The van der Waals surface area contributed by atoms with Crippen LogP contribution in [0.25, 0.3) is 0 Å². The number of anilines is 1. The van der Waals surface area contributed by atoms with Crippen molar-refractivity contribution in [2.45, 2.75) is 51.2 Å². The van der Waals surface area contributed by atoms with Crippen molar-refractivity contribution in [3.63, 3.8) is 0 Å². The van der Waals surface area contributed by atoms with E-state index in [1.54, 1.807) is 4.90 Å². The van der Waals surface area contributed by atoms with Gasteiger partial charge in [0, 0.05) is 48.4 Å². The molecular weight excluding hydrogens is 595 g/mol. The van der Waals surface area contributed by atoms with Gasteiger partial charge in [0.25, 0.3) is 0 Å². The van der Waals surface area contributed by atoms with E-state index in [2.05, 4.69) is 36.3 Å². The summed E-state index contributed by atoms with van der Waals surface area (Å²) in [5.41, 5.74) is 1.53. The van der Waals surface area contributed by atoms with E-state index in [0.717, 1.165) is 24.2 Å². The fraction of sp³-hybridized carbons (Fsp3) is 0.419. The van der Waals surface area contributed by atoms with Crippen molar-refractivity contribution >= 4 is 52.6 Å². The molecule has 0 aromatic heterocycles. The monoisotopic (exact) mass is 632 g/mol. The first-order valence-electron chi connectivity index (χ1n) is 14.0. The van der Waals surface area contributed by atoms with Crippen molar-refractivity contribution in [2.75, 3.05) is 31.1 Å². The lowest BCUT2D eigenvalue weighted by molar-refractivity contribution is -0.134. The summed E-state index contributed by atoms with van der Waals surface area (Å²) in [6.07, 6.45) is 2.62. The number of benzene rings is 2. The Balaban J connectivity index is 0.000000557. The Hall–Kier alpha value is -3.44. The molecule has 2 amide bonds. The molecule has 0 radical (unpaired) electrons. The van der Waals surface area contributed by atoms with Crippen molar-refractivity contribution in [3.05, 3.63) is 76.3 Å². The van der Waals surface area contributed by atoms with Gasteiger partial charge in [-0.3, -0.25) is 14.5 Å². The van der Waals surface area contributed by atoms with Crippen LogP contribution in [0.2, 0.25) is 10.0 Å². The third-order valence-corrected chi connectivity index (χ3v) is 8.15. The summed E-state index contributed by atoms with van der Waals surface area (Å²) < 4.78 is 0. The molecule has 2 heterocycles. The highest BCUT2D eigenvalue weighted by Crippen LogP contribution is 2.34. The number of piperidine rings is 1. The Kier molecular flexibility index (Phi) is 12.1. The summed E-state index contributed by atoms with van der Waals surface area (Å²) in [6, 6.07) is 15.1. The average molecular weight is 634 g/mol. The van der Waals surface area contributed by atoms with E-state index in [1.165, 1.54) is 0 Å². The number of carbonyl (C=O) groups is 4. The minimum Gasteiger partial charge on any atom is -0.478 e. The number of carboxylic acids is 2. The Morgan fingerprint density at radius 1 is 1.05 bits per heavy atom. The second-order valence-corrected chi connectivity index (χ2v) is 12.0. The number of halogens is 2. The second-order valence-electron chi connectivity index (χ2n) is 11.1. The number of piperazine rings is 1. The number of hydrogen-bond acceptors (Lipinski definition) is 6. The highest BCUT2D eigenvalue weighted by Gasteiger charge is 2.44. The van der Waals surface area contributed by atoms with E-state index in [0.29, 0.717) is 48.3 Å². The third-order valence-electron chi connectivity index (χ3n) is 7.58. The molecule has 0 aliphatic carbocycles. The van der Waals surface area contributed by atoms with Crippen LogP contribution in [0.4, 0.5) is 5.69 Å². The lowest BCUT2D eigenvalue weighted by Gasteiger charge is -2.51. The van der Waals surface area contributed by atoms with Gasteiger partial charge in [-0.05, 0) is 56.5 Å². The number of aliphatic carboxylic acids is 2. The van der Waals surface area contributed by atoms with Gasteiger partial charge in [0.1, 0.15) is 0 Å². The predicted molar refractivity (Wildman–Crippen MR) is 166 cm³/mol. The van der Waals surface area contributed by atoms with Crippen LogP contribution in [0.1, 0.15) is 45.2 Å². The van der Waals surface area contributed by atoms with Gasteiger partial charge in [-0.1, -0.05) is 54.4 Å². The molecule has 4 N–H and O–H groups in total.